The number of esters is 3. The van der Waals surface area contributed by atoms with E-state index in [-0.39, 0.29) is 30.4 Å². The SMILES string of the molecule is C=Cc1c2[nH]c(c1C)C(Br)=C1NC(=C(Br)c3[nH]c(c(CCC(=O)OC)c3C)C(Br)=c3[nH]c(c(C)c3CCC(=O)O)=C2Br)C2(C)C(C(=O)OC)=C(C(=O)OC)C=CC12. The third-order valence-electron chi connectivity index (χ3n) is 11.2. The van der Waals surface area contributed by atoms with Crippen LogP contribution in [0.4, 0.5) is 0 Å². The summed E-state index contributed by atoms with van der Waals surface area (Å²) < 4.78 is 18.0. The van der Waals surface area contributed by atoms with Gasteiger partial charge in [-0.2, -0.15) is 0 Å². The van der Waals surface area contributed by atoms with E-state index in [1.54, 1.807) is 12.2 Å². The fourth-order valence-corrected chi connectivity index (χ4v) is 11.2. The van der Waals surface area contributed by atoms with Crippen LogP contribution in [0, 0.1) is 32.1 Å². The molecule has 8 bridgehead atoms. The number of carboxylic acids is 1. The van der Waals surface area contributed by atoms with Crippen molar-refractivity contribution in [2.45, 2.75) is 53.4 Å². The Labute approximate surface area is 362 Å². The molecule has 5 N–H and O–H groups in total. The van der Waals surface area contributed by atoms with Crippen molar-refractivity contribution in [3.63, 3.8) is 0 Å². The third-order valence-corrected chi connectivity index (χ3v) is 14.4. The molecule has 0 amide bonds. The highest BCUT2D eigenvalue weighted by atomic mass is 79.9. The number of aromatic nitrogens is 3. The highest BCUT2D eigenvalue weighted by Gasteiger charge is 2.55. The summed E-state index contributed by atoms with van der Waals surface area (Å²) in [6, 6.07) is 0. The lowest BCUT2D eigenvalue weighted by molar-refractivity contribution is -0.140. The predicted octanol–water partition coefficient (Wildman–Crippen LogP) is 7.04. The number of fused-ring (bicyclic) bond motifs is 11. The zero-order valence-corrected chi connectivity index (χ0v) is 38.5. The number of ether oxygens (including phenoxy) is 3. The van der Waals surface area contributed by atoms with Gasteiger partial charge in [0.1, 0.15) is 0 Å². The van der Waals surface area contributed by atoms with E-state index in [2.05, 4.69) is 90.6 Å². The van der Waals surface area contributed by atoms with Gasteiger partial charge in [0.15, 0.2) is 0 Å². The first kappa shape index (κ1) is 42.5. The first-order chi connectivity index (χ1) is 27.0. The summed E-state index contributed by atoms with van der Waals surface area (Å²) in [6.45, 7) is 11.9. The number of aromatic amines is 3. The van der Waals surface area contributed by atoms with Gasteiger partial charge in [0, 0.05) is 35.7 Å². The molecule has 0 saturated carbocycles. The van der Waals surface area contributed by atoms with Gasteiger partial charge in [-0.15, -0.1) is 0 Å². The first-order valence-electron chi connectivity index (χ1n) is 17.8. The smallest absolute Gasteiger partial charge is 0.338 e. The molecule has 3 aromatic rings. The largest absolute Gasteiger partial charge is 0.481 e. The van der Waals surface area contributed by atoms with Crippen LogP contribution in [0.1, 0.15) is 75.9 Å². The summed E-state index contributed by atoms with van der Waals surface area (Å²) in [5, 5.41) is 14.8. The molecule has 57 heavy (non-hydrogen) atoms. The van der Waals surface area contributed by atoms with Gasteiger partial charge in [-0.1, -0.05) is 24.8 Å². The number of rotatable bonds is 9. The number of hydrogen-bond acceptors (Lipinski definition) is 8. The van der Waals surface area contributed by atoms with Gasteiger partial charge in [-0.05, 0) is 132 Å². The Morgan fingerprint density at radius 2 is 1.39 bits per heavy atom. The topological polar surface area (TPSA) is 176 Å². The van der Waals surface area contributed by atoms with Gasteiger partial charge in [0.25, 0.3) is 0 Å². The maximum atomic E-state index is 13.9. The van der Waals surface area contributed by atoms with Crippen molar-refractivity contribution in [3.8, 4) is 0 Å². The van der Waals surface area contributed by atoms with Gasteiger partial charge in [0.05, 0.1) is 89.3 Å². The van der Waals surface area contributed by atoms with Crippen molar-refractivity contribution in [2.24, 2.45) is 11.3 Å². The number of H-pyrrole nitrogens is 3. The molecule has 300 valence electrons. The van der Waals surface area contributed by atoms with Crippen molar-refractivity contribution in [1.29, 1.82) is 0 Å². The van der Waals surface area contributed by atoms with E-state index < -0.39 is 35.2 Å². The van der Waals surface area contributed by atoms with Crippen molar-refractivity contribution >= 4 is 112 Å². The number of allylic oxidation sites excluding steroid dienone is 2. The molecule has 2 unspecified atom stereocenters. The van der Waals surface area contributed by atoms with E-state index in [1.807, 2.05) is 33.8 Å². The molecule has 12 nitrogen and oxygen atoms in total. The van der Waals surface area contributed by atoms with Gasteiger partial charge in [-0.25, -0.2) is 9.59 Å². The van der Waals surface area contributed by atoms with E-state index in [9.17, 15) is 24.3 Å². The Morgan fingerprint density at radius 1 is 0.772 bits per heavy atom. The van der Waals surface area contributed by atoms with Gasteiger partial charge in [0.2, 0.25) is 0 Å². The van der Waals surface area contributed by atoms with Gasteiger partial charge in [-0.3, -0.25) is 9.59 Å². The van der Waals surface area contributed by atoms with E-state index >= 15 is 0 Å². The number of halogens is 4. The third kappa shape index (κ3) is 6.89. The van der Waals surface area contributed by atoms with E-state index in [1.165, 1.54) is 21.3 Å². The first-order valence-corrected chi connectivity index (χ1v) is 20.9. The Balaban J connectivity index is 1.84. The highest BCUT2D eigenvalue weighted by Crippen LogP contribution is 2.58. The van der Waals surface area contributed by atoms with E-state index in [0.29, 0.717) is 52.5 Å². The lowest BCUT2D eigenvalue weighted by Crippen LogP contribution is -2.36. The number of methoxy groups -OCH3 is 3. The van der Waals surface area contributed by atoms with Crippen molar-refractivity contribution in [2.75, 3.05) is 21.3 Å². The minimum Gasteiger partial charge on any atom is -0.481 e. The fraction of sp³-hybridized carbons (Fsp3) is 0.317. The second kappa shape index (κ2) is 16.3. The predicted molar refractivity (Wildman–Crippen MR) is 232 cm³/mol. The second-order valence-electron chi connectivity index (χ2n) is 14.0. The summed E-state index contributed by atoms with van der Waals surface area (Å²) >= 11 is 15.7. The summed E-state index contributed by atoms with van der Waals surface area (Å²) in [7, 11) is 3.87. The standard InChI is InChI=1S/C41H40Br4N4O8/c1-9-19-16(2)31-28(43)37-23-13-10-22(39(53)56-7)26(40(54)57-8)41(23,5)38(49-37)30(45)33-18(4)21(12-15-25(52)55-6)36(48-33)29(44)35-20(11-14-24(50)51)17(3)32(47-35)27(42)34(19)46-31/h9-10,13,23,46-49H,1,11-12,14-15H2,2-8H3,(H,50,51). The monoisotopic (exact) mass is 1030 g/mol. The minimum atomic E-state index is -1.23. The number of carbonyl (C=O) groups excluding carboxylic acids is 3. The number of aliphatic carboxylic acids is 1. The molecule has 3 aliphatic rings. The molecule has 6 rings (SSSR count). The van der Waals surface area contributed by atoms with Gasteiger partial charge < -0.3 is 39.6 Å². The normalized spacial score (nSPS) is 18.8. The number of hydrogen-bond donors (Lipinski definition) is 5. The molecule has 5 heterocycles. The molecule has 2 aliphatic heterocycles. The Hall–Kier alpha value is -4.12. The minimum absolute atomic E-state index is 0.0575. The summed E-state index contributed by atoms with van der Waals surface area (Å²) in [6.07, 6.45) is 5.73. The molecule has 3 aromatic heterocycles. The maximum Gasteiger partial charge on any atom is 0.338 e. The van der Waals surface area contributed by atoms with Crippen LogP contribution < -0.4 is 16.0 Å². The van der Waals surface area contributed by atoms with Crippen LogP contribution in [-0.2, 0) is 46.2 Å². The quantitative estimate of drug-likeness (QED) is 0.111. The molecular weight excluding hydrogens is 996 g/mol. The van der Waals surface area contributed by atoms with Crippen molar-refractivity contribution < 1.29 is 38.5 Å². The maximum absolute atomic E-state index is 13.9. The Bertz CT molecular complexity index is 2570. The van der Waals surface area contributed by atoms with Crippen LogP contribution in [-0.4, -0.2) is 65.3 Å². The Morgan fingerprint density at radius 3 is 2.00 bits per heavy atom. The van der Waals surface area contributed by atoms with Crippen LogP contribution in [0.2, 0.25) is 0 Å². The molecule has 16 heteroatoms. The van der Waals surface area contributed by atoms with Crippen LogP contribution in [0.3, 0.4) is 0 Å². The molecule has 1 fully saturated rings. The van der Waals surface area contributed by atoms with Crippen LogP contribution in [0.15, 0.2) is 41.3 Å². The second-order valence-corrected chi connectivity index (χ2v) is 17.2. The number of nitrogens with one attached hydrogen (secondary N) is 4. The van der Waals surface area contributed by atoms with Crippen LogP contribution >= 0.6 is 63.7 Å². The fourth-order valence-electron chi connectivity index (χ4n) is 8.12. The zero-order chi connectivity index (χ0) is 41.8. The molecule has 2 atom stereocenters. The lowest BCUT2D eigenvalue weighted by Gasteiger charge is -2.35. The van der Waals surface area contributed by atoms with E-state index in [0.717, 1.165) is 50.1 Å². The molecule has 0 aromatic carbocycles. The summed E-state index contributed by atoms with van der Waals surface area (Å²) in [5.41, 5.74) is 7.79. The van der Waals surface area contributed by atoms with E-state index in [4.69, 9.17) is 14.2 Å². The Kier molecular flexibility index (Phi) is 12.1. The zero-order valence-electron chi connectivity index (χ0n) is 32.2. The van der Waals surface area contributed by atoms with Crippen LogP contribution in [0.5, 0.6) is 0 Å². The van der Waals surface area contributed by atoms with Gasteiger partial charge >= 0.3 is 23.9 Å². The summed E-state index contributed by atoms with van der Waals surface area (Å²) in [4.78, 5) is 62.6. The average Bonchev–Trinajstić information content (AvgIpc) is 3.91. The molecule has 0 radical (unpaired) electrons. The van der Waals surface area contributed by atoms with Crippen molar-refractivity contribution in [3.05, 3.63) is 108 Å². The van der Waals surface area contributed by atoms with Crippen LogP contribution in [0.25, 0.3) is 24.0 Å². The molecular formula is C41H40Br4N4O8. The van der Waals surface area contributed by atoms with Crippen molar-refractivity contribution in [1.82, 2.24) is 20.3 Å². The molecule has 1 saturated heterocycles. The number of carboxylic acid groups (broad SMARTS) is 1. The number of carbonyl (C=O) groups is 4. The summed E-state index contributed by atoms with van der Waals surface area (Å²) in [5.74, 6) is -3.26. The molecule has 1 aliphatic carbocycles. The average molecular weight is 1040 g/mol. The molecule has 0 spiro atoms. The highest BCUT2D eigenvalue weighted by molar-refractivity contribution is 9.15. The lowest BCUT2D eigenvalue weighted by atomic mass is 9.66.